The molecule has 15 heteroatoms. The summed E-state index contributed by atoms with van der Waals surface area (Å²) in [4.78, 5) is 67.1. The number of sulfone groups is 1. The summed E-state index contributed by atoms with van der Waals surface area (Å²) in [6.45, 7) is -1.20. The van der Waals surface area contributed by atoms with Crippen molar-refractivity contribution in [2.24, 2.45) is 0 Å². The van der Waals surface area contributed by atoms with Gasteiger partial charge in [-0.15, -0.1) is 0 Å². The molecule has 2 fully saturated rings. The Balaban J connectivity index is 1.61. The van der Waals surface area contributed by atoms with E-state index in [0.717, 1.165) is 0 Å². The zero-order valence-electron chi connectivity index (χ0n) is 14.7. The Morgan fingerprint density at radius 2 is 1.17 bits per heavy atom. The Morgan fingerprint density at radius 3 is 1.48 bits per heavy atom. The van der Waals surface area contributed by atoms with Crippen molar-refractivity contribution in [3.63, 3.8) is 0 Å². The third-order valence-corrected chi connectivity index (χ3v) is 5.13. The van der Waals surface area contributed by atoms with Gasteiger partial charge in [0.15, 0.2) is 22.0 Å². The number of amides is 4. The number of carbonyl (C=O) groups excluding carboxylic acids is 6. The summed E-state index contributed by atoms with van der Waals surface area (Å²) >= 11 is 0. The Labute approximate surface area is 163 Å². The highest BCUT2D eigenvalue weighted by molar-refractivity contribution is 7.91. The molecule has 2 atom stereocenters. The van der Waals surface area contributed by atoms with E-state index in [1.807, 2.05) is 10.6 Å². The van der Waals surface area contributed by atoms with Gasteiger partial charge in [0.05, 0.1) is 24.3 Å². The number of rotatable bonds is 8. The lowest BCUT2D eigenvalue weighted by Crippen LogP contribution is -2.30. The SMILES string of the molecule is O=C1CC(OC(=O)OCCS(=O)(=O)CCOC(=O)OC2CC(=O)NC2=O)C(=O)N1. The molecule has 160 valence electrons. The van der Waals surface area contributed by atoms with Gasteiger partial charge < -0.3 is 18.9 Å². The fraction of sp³-hybridized carbons (Fsp3) is 0.571. The molecule has 29 heavy (non-hydrogen) atoms. The van der Waals surface area contributed by atoms with Crippen LogP contribution in [0.2, 0.25) is 0 Å². The van der Waals surface area contributed by atoms with Crippen LogP contribution in [0.5, 0.6) is 0 Å². The van der Waals surface area contributed by atoms with Gasteiger partial charge in [-0.2, -0.15) is 0 Å². The van der Waals surface area contributed by atoms with Gasteiger partial charge in [0.25, 0.3) is 11.8 Å². The van der Waals surface area contributed by atoms with Crippen molar-refractivity contribution in [1.82, 2.24) is 10.6 Å². The number of carbonyl (C=O) groups is 6. The highest BCUT2D eigenvalue weighted by atomic mass is 32.2. The molecule has 2 aliphatic heterocycles. The molecule has 0 spiro atoms. The summed E-state index contributed by atoms with van der Waals surface area (Å²) < 4.78 is 41.8. The summed E-state index contributed by atoms with van der Waals surface area (Å²) in [5.74, 6) is -4.10. The quantitative estimate of drug-likeness (QED) is 0.301. The van der Waals surface area contributed by atoms with Crippen molar-refractivity contribution in [3.8, 4) is 0 Å². The lowest BCUT2D eigenvalue weighted by molar-refractivity contribution is -0.129. The molecule has 4 amide bonds. The molecule has 2 unspecified atom stereocenters. The summed E-state index contributed by atoms with van der Waals surface area (Å²) in [5.41, 5.74) is 0. The molecule has 2 rings (SSSR count). The minimum Gasteiger partial charge on any atom is -0.433 e. The van der Waals surface area contributed by atoms with Crippen molar-refractivity contribution >= 4 is 45.8 Å². The highest BCUT2D eigenvalue weighted by Gasteiger charge is 2.35. The largest absolute Gasteiger partial charge is 0.509 e. The third-order valence-electron chi connectivity index (χ3n) is 3.56. The Kier molecular flexibility index (Phi) is 7.08. The molecule has 0 aromatic rings. The number of nitrogens with one attached hydrogen (secondary N) is 2. The second kappa shape index (κ2) is 9.31. The topological polar surface area (TPSA) is 198 Å². The Morgan fingerprint density at radius 1 is 0.793 bits per heavy atom. The van der Waals surface area contributed by atoms with Crippen LogP contribution in [0.4, 0.5) is 9.59 Å². The van der Waals surface area contributed by atoms with Gasteiger partial charge in [-0.25, -0.2) is 18.0 Å². The lowest BCUT2D eigenvalue weighted by atomic mass is 10.3. The lowest BCUT2D eigenvalue weighted by Gasteiger charge is -2.10. The average molecular weight is 436 g/mol. The highest BCUT2D eigenvalue weighted by Crippen LogP contribution is 2.09. The van der Waals surface area contributed by atoms with Crippen LogP contribution in [0.15, 0.2) is 0 Å². The van der Waals surface area contributed by atoms with Crippen molar-refractivity contribution in [3.05, 3.63) is 0 Å². The summed E-state index contributed by atoms with van der Waals surface area (Å²) in [6, 6.07) is 0. The molecule has 2 saturated heterocycles. The molecule has 2 heterocycles. The van der Waals surface area contributed by atoms with E-state index in [4.69, 9.17) is 0 Å². The molecule has 2 N–H and O–H groups in total. The Hall–Kier alpha value is -3.23. The molecule has 14 nitrogen and oxygen atoms in total. The Bertz CT molecular complexity index is 774. The predicted molar refractivity (Wildman–Crippen MR) is 86.6 cm³/mol. The van der Waals surface area contributed by atoms with Gasteiger partial charge in [-0.05, 0) is 0 Å². The first-order chi connectivity index (χ1) is 13.6. The molecular formula is C14H16N2O12S. The molecule has 0 saturated carbocycles. The van der Waals surface area contributed by atoms with Crippen molar-refractivity contribution in [2.45, 2.75) is 25.0 Å². The molecular weight excluding hydrogens is 420 g/mol. The molecule has 0 aromatic carbocycles. The third kappa shape index (κ3) is 7.02. The second-order valence-electron chi connectivity index (χ2n) is 5.79. The first kappa shape index (κ1) is 22.1. The van der Waals surface area contributed by atoms with Gasteiger partial charge in [-0.1, -0.05) is 0 Å². The van der Waals surface area contributed by atoms with Gasteiger partial charge in [0, 0.05) is 0 Å². The van der Waals surface area contributed by atoms with E-state index in [2.05, 4.69) is 18.9 Å². The van der Waals surface area contributed by atoms with E-state index in [1.165, 1.54) is 0 Å². The molecule has 0 aliphatic carbocycles. The summed E-state index contributed by atoms with van der Waals surface area (Å²) in [7, 11) is -3.80. The van der Waals surface area contributed by atoms with Crippen LogP contribution in [0, 0.1) is 0 Å². The van der Waals surface area contributed by atoms with E-state index in [-0.39, 0.29) is 12.8 Å². The van der Waals surface area contributed by atoms with Crippen LogP contribution in [0.1, 0.15) is 12.8 Å². The summed E-state index contributed by atoms with van der Waals surface area (Å²) in [5, 5.41) is 3.83. The first-order valence-corrected chi connectivity index (χ1v) is 9.92. The second-order valence-corrected chi connectivity index (χ2v) is 8.10. The monoisotopic (exact) mass is 436 g/mol. The van der Waals surface area contributed by atoms with Crippen LogP contribution < -0.4 is 10.6 Å². The smallest absolute Gasteiger partial charge is 0.433 e. The zero-order chi connectivity index (χ0) is 21.6. The predicted octanol–water partition coefficient (Wildman–Crippen LogP) is -2.46. The van der Waals surface area contributed by atoms with Crippen molar-refractivity contribution in [1.29, 1.82) is 0 Å². The van der Waals surface area contributed by atoms with E-state index in [0.29, 0.717) is 0 Å². The van der Waals surface area contributed by atoms with Crippen LogP contribution in [-0.4, -0.2) is 81.3 Å². The van der Waals surface area contributed by atoms with E-state index in [9.17, 15) is 37.2 Å². The number of ether oxygens (including phenoxy) is 4. The average Bonchev–Trinajstić information content (AvgIpc) is 3.07. The van der Waals surface area contributed by atoms with Crippen LogP contribution >= 0.6 is 0 Å². The van der Waals surface area contributed by atoms with Gasteiger partial charge in [-0.3, -0.25) is 29.8 Å². The molecule has 0 radical (unpaired) electrons. The summed E-state index contributed by atoms with van der Waals surface area (Å²) in [6.07, 6.45) is -6.00. The van der Waals surface area contributed by atoms with Crippen LogP contribution in [-0.2, 0) is 48.0 Å². The van der Waals surface area contributed by atoms with Gasteiger partial charge in [0.1, 0.15) is 13.2 Å². The molecule has 0 aromatic heterocycles. The first-order valence-electron chi connectivity index (χ1n) is 8.10. The zero-order valence-corrected chi connectivity index (χ0v) is 15.5. The number of hydrogen-bond donors (Lipinski definition) is 2. The van der Waals surface area contributed by atoms with E-state index in [1.54, 1.807) is 0 Å². The maximum atomic E-state index is 11.8. The normalized spacial score (nSPS) is 21.4. The van der Waals surface area contributed by atoms with E-state index < -0.39 is 82.7 Å². The minimum atomic E-state index is -3.80. The maximum Gasteiger partial charge on any atom is 0.509 e. The minimum absolute atomic E-state index is 0.351. The standard InChI is InChI=1S/C14H16N2O12S/c17-9-5-7(11(19)15-9)27-13(21)25-1-3-29(23,24)4-2-26-14(22)28-8-6-10(18)16-12(8)20/h7-8H,1-6H2,(H,15,17,19)(H,16,18,20). The fourth-order valence-corrected chi connectivity index (χ4v) is 3.04. The number of hydrogen-bond acceptors (Lipinski definition) is 12. The van der Waals surface area contributed by atoms with Crippen LogP contribution in [0.25, 0.3) is 0 Å². The van der Waals surface area contributed by atoms with E-state index >= 15 is 0 Å². The van der Waals surface area contributed by atoms with Gasteiger partial charge in [0.2, 0.25) is 11.8 Å². The van der Waals surface area contributed by atoms with Gasteiger partial charge >= 0.3 is 12.3 Å². The number of imide groups is 2. The van der Waals surface area contributed by atoms with Crippen LogP contribution in [0.3, 0.4) is 0 Å². The molecule has 0 bridgehead atoms. The van der Waals surface area contributed by atoms with Crippen molar-refractivity contribution in [2.75, 3.05) is 24.7 Å². The molecule has 2 aliphatic rings. The van der Waals surface area contributed by atoms with Crippen molar-refractivity contribution < 1.29 is 56.1 Å². The fourth-order valence-electron chi connectivity index (χ4n) is 2.16. The maximum absolute atomic E-state index is 11.8.